The molecule has 0 aromatic rings. The molecular weight excluding hydrogens is 216 g/mol. The number of nitrogens with one attached hydrogen (secondary N) is 1. The van der Waals surface area contributed by atoms with Crippen molar-refractivity contribution in [2.24, 2.45) is 11.7 Å². The van der Waals surface area contributed by atoms with E-state index in [4.69, 9.17) is 5.73 Å². The van der Waals surface area contributed by atoms with Crippen LogP contribution in [0, 0.1) is 5.92 Å². The van der Waals surface area contributed by atoms with Gasteiger partial charge in [-0.1, -0.05) is 20.8 Å². The third-order valence-corrected chi connectivity index (χ3v) is 3.90. The Balaban J connectivity index is 4.09. The predicted octanol–water partition coefficient (Wildman–Crippen LogP) is -0.479. The fraction of sp³-hybridized carbons (Fsp3) is 0.889. The lowest BCUT2D eigenvalue weighted by atomic mass is 10.0. The van der Waals surface area contributed by atoms with Gasteiger partial charge in [0.25, 0.3) is 0 Å². The van der Waals surface area contributed by atoms with Crippen molar-refractivity contribution in [3.8, 4) is 0 Å². The zero-order valence-electron chi connectivity index (χ0n) is 9.49. The van der Waals surface area contributed by atoms with Crippen LogP contribution in [0.4, 0.5) is 0 Å². The first-order valence-corrected chi connectivity index (χ1v) is 6.85. The van der Waals surface area contributed by atoms with Crippen LogP contribution in [0.5, 0.6) is 0 Å². The maximum atomic E-state index is 11.2. The summed E-state index contributed by atoms with van der Waals surface area (Å²) in [6, 6.07) is -0.461. The Morgan fingerprint density at radius 1 is 1.40 bits per heavy atom. The average molecular weight is 236 g/mol. The van der Waals surface area contributed by atoms with Crippen LogP contribution >= 0.6 is 0 Å². The molecule has 0 aliphatic carbocycles. The number of amides is 1. The molecule has 15 heavy (non-hydrogen) atoms. The zero-order valence-corrected chi connectivity index (χ0v) is 10.3. The van der Waals surface area contributed by atoms with Crippen molar-refractivity contribution in [3.63, 3.8) is 0 Å². The predicted molar refractivity (Wildman–Crippen MR) is 60.2 cm³/mol. The number of carbonyl (C=O) groups excluding carboxylic acids is 1. The van der Waals surface area contributed by atoms with Gasteiger partial charge in [0.15, 0.2) is 9.84 Å². The van der Waals surface area contributed by atoms with Gasteiger partial charge in [-0.25, -0.2) is 8.42 Å². The van der Waals surface area contributed by atoms with E-state index in [1.807, 2.05) is 13.8 Å². The van der Waals surface area contributed by atoms with Crippen molar-refractivity contribution < 1.29 is 13.2 Å². The number of hydrogen-bond acceptors (Lipinski definition) is 4. The van der Waals surface area contributed by atoms with Crippen LogP contribution in [0.1, 0.15) is 20.8 Å². The molecule has 0 saturated carbocycles. The largest absolute Gasteiger partial charge is 0.368 e. The summed E-state index contributed by atoms with van der Waals surface area (Å²) >= 11 is 0. The molecule has 0 aliphatic rings. The van der Waals surface area contributed by atoms with E-state index < -0.39 is 21.8 Å². The monoisotopic (exact) mass is 236 g/mol. The molecule has 3 N–H and O–H groups in total. The van der Waals surface area contributed by atoms with Gasteiger partial charge in [0.05, 0.1) is 11.8 Å². The maximum absolute atomic E-state index is 11.2. The van der Waals surface area contributed by atoms with Crippen LogP contribution in [-0.4, -0.2) is 38.4 Å². The SMILES string of the molecule is CCS(=O)(=O)CCNC(C(N)=O)C(C)C. The summed E-state index contributed by atoms with van der Waals surface area (Å²) in [6.07, 6.45) is 0. The summed E-state index contributed by atoms with van der Waals surface area (Å²) in [5.74, 6) is -0.219. The van der Waals surface area contributed by atoms with E-state index in [-0.39, 0.29) is 24.0 Å². The quantitative estimate of drug-likeness (QED) is 0.625. The summed E-state index contributed by atoms with van der Waals surface area (Å²) in [7, 11) is -2.98. The smallest absolute Gasteiger partial charge is 0.234 e. The van der Waals surface area contributed by atoms with E-state index in [9.17, 15) is 13.2 Å². The molecule has 0 aromatic heterocycles. The summed E-state index contributed by atoms with van der Waals surface area (Å²) in [6.45, 7) is 5.58. The number of primary amides is 1. The van der Waals surface area contributed by atoms with Crippen molar-refractivity contribution in [1.82, 2.24) is 5.32 Å². The van der Waals surface area contributed by atoms with Gasteiger partial charge in [0, 0.05) is 12.3 Å². The Kier molecular flexibility index (Phi) is 5.82. The minimum absolute atomic E-state index is 0.0417. The maximum Gasteiger partial charge on any atom is 0.234 e. The highest BCUT2D eigenvalue weighted by atomic mass is 32.2. The van der Waals surface area contributed by atoms with Crippen LogP contribution in [-0.2, 0) is 14.6 Å². The molecule has 0 radical (unpaired) electrons. The molecule has 0 saturated heterocycles. The molecule has 5 nitrogen and oxygen atoms in total. The Hall–Kier alpha value is -0.620. The summed E-state index contributed by atoms with van der Waals surface area (Å²) in [4.78, 5) is 11.0. The molecule has 0 bridgehead atoms. The summed E-state index contributed by atoms with van der Waals surface area (Å²) in [5, 5.41) is 2.86. The highest BCUT2D eigenvalue weighted by molar-refractivity contribution is 7.91. The zero-order chi connectivity index (χ0) is 12.1. The van der Waals surface area contributed by atoms with Crippen LogP contribution in [0.3, 0.4) is 0 Å². The van der Waals surface area contributed by atoms with E-state index in [1.54, 1.807) is 6.92 Å². The first-order chi connectivity index (χ1) is 6.80. The van der Waals surface area contributed by atoms with Crippen LogP contribution < -0.4 is 11.1 Å². The number of rotatable bonds is 7. The number of hydrogen-bond donors (Lipinski definition) is 2. The Morgan fingerprint density at radius 3 is 2.27 bits per heavy atom. The molecule has 90 valence electrons. The minimum atomic E-state index is -2.98. The molecule has 1 amide bonds. The van der Waals surface area contributed by atoms with E-state index in [0.717, 1.165) is 0 Å². The lowest BCUT2D eigenvalue weighted by molar-refractivity contribution is -0.120. The van der Waals surface area contributed by atoms with Crippen LogP contribution in [0.2, 0.25) is 0 Å². The Labute approximate surface area is 91.3 Å². The Morgan fingerprint density at radius 2 is 1.93 bits per heavy atom. The van der Waals surface area contributed by atoms with E-state index in [2.05, 4.69) is 5.32 Å². The van der Waals surface area contributed by atoms with Gasteiger partial charge in [-0.15, -0.1) is 0 Å². The highest BCUT2D eigenvalue weighted by Gasteiger charge is 2.19. The molecule has 1 atom stereocenters. The van der Waals surface area contributed by atoms with E-state index >= 15 is 0 Å². The molecule has 0 aliphatic heterocycles. The lowest BCUT2D eigenvalue weighted by Gasteiger charge is -2.18. The fourth-order valence-electron chi connectivity index (χ4n) is 1.18. The molecule has 0 spiro atoms. The number of nitrogens with two attached hydrogens (primary N) is 1. The minimum Gasteiger partial charge on any atom is -0.368 e. The summed E-state index contributed by atoms with van der Waals surface area (Å²) in [5.41, 5.74) is 5.17. The van der Waals surface area contributed by atoms with E-state index in [1.165, 1.54) is 0 Å². The van der Waals surface area contributed by atoms with Crippen molar-refractivity contribution >= 4 is 15.7 Å². The van der Waals surface area contributed by atoms with Crippen molar-refractivity contribution in [3.05, 3.63) is 0 Å². The topological polar surface area (TPSA) is 89.3 Å². The van der Waals surface area contributed by atoms with Gasteiger partial charge >= 0.3 is 0 Å². The Bertz CT molecular complexity index is 298. The molecule has 6 heteroatoms. The van der Waals surface area contributed by atoms with Gasteiger partial charge in [-0.05, 0) is 5.92 Å². The number of carbonyl (C=O) groups is 1. The second-order valence-corrected chi connectivity index (χ2v) is 6.29. The lowest BCUT2D eigenvalue weighted by Crippen LogP contribution is -2.46. The molecular formula is C9H20N2O3S. The van der Waals surface area contributed by atoms with Crippen LogP contribution in [0.15, 0.2) is 0 Å². The molecule has 0 rings (SSSR count). The third kappa shape index (κ3) is 5.74. The number of sulfone groups is 1. The standard InChI is InChI=1S/C9H20N2O3S/c1-4-15(13,14)6-5-11-8(7(2)3)9(10)12/h7-8,11H,4-6H2,1-3H3,(H2,10,12). The second-order valence-electron chi connectivity index (χ2n) is 3.81. The van der Waals surface area contributed by atoms with E-state index in [0.29, 0.717) is 0 Å². The van der Waals surface area contributed by atoms with Crippen molar-refractivity contribution in [2.75, 3.05) is 18.1 Å². The third-order valence-electron chi connectivity index (χ3n) is 2.19. The van der Waals surface area contributed by atoms with Gasteiger partial charge in [-0.3, -0.25) is 4.79 Å². The first kappa shape index (κ1) is 14.4. The van der Waals surface area contributed by atoms with Crippen molar-refractivity contribution in [2.45, 2.75) is 26.8 Å². The first-order valence-electron chi connectivity index (χ1n) is 5.03. The van der Waals surface area contributed by atoms with Crippen LogP contribution in [0.25, 0.3) is 0 Å². The van der Waals surface area contributed by atoms with Gasteiger partial charge in [0.2, 0.25) is 5.91 Å². The molecule has 1 unspecified atom stereocenters. The average Bonchev–Trinajstić information content (AvgIpc) is 2.11. The van der Waals surface area contributed by atoms with Gasteiger partial charge < -0.3 is 11.1 Å². The summed E-state index contributed by atoms with van der Waals surface area (Å²) < 4.78 is 22.3. The van der Waals surface area contributed by atoms with Gasteiger partial charge in [0.1, 0.15) is 0 Å². The normalized spacial score (nSPS) is 14.1. The highest BCUT2D eigenvalue weighted by Crippen LogP contribution is 2.00. The molecule has 0 aromatic carbocycles. The second kappa shape index (κ2) is 6.07. The van der Waals surface area contributed by atoms with Gasteiger partial charge in [-0.2, -0.15) is 0 Å². The molecule has 0 fully saturated rings. The fourth-order valence-corrected chi connectivity index (χ4v) is 1.90. The molecule has 0 heterocycles. The van der Waals surface area contributed by atoms with Crippen molar-refractivity contribution in [1.29, 1.82) is 0 Å².